The first kappa shape index (κ1) is 13.7. The number of carbonyl (C=O) groups is 1. The van der Waals surface area contributed by atoms with Gasteiger partial charge in [-0.25, -0.2) is 0 Å². The number of ether oxygens (including phenoxy) is 1. The fourth-order valence-corrected chi connectivity index (χ4v) is 1.74. The molecule has 94 valence electrons. The van der Waals surface area contributed by atoms with E-state index in [9.17, 15) is 4.79 Å². The third-order valence-corrected chi connectivity index (χ3v) is 2.63. The minimum absolute atomic E-state index is 0.138. The Labute approximate surface area is 103 Å². The molecule has 0 unspecified atom stereocenters. The molecular formula is C14H21NO2. The van der Waals surface area contributed by atoms with E-state index in [1.165, 1.54) is 0 Å². The van der Waals surface area contributed by atoms with Gasteiger partial charge in [0.05, 0.1) is 13.7 Å². The minimum atomic E-state index is 0.138. The molecule has 0 aliphatic rings. The molecule has 0 radical (unpaired) electrons. The lowest BCUT2D eigenvalue weighted by atomic mass is 9.98. The molecule has 3 nitrogen and oxygen atoms in total. The molecule has 1 rings (SSSR count). The highest BCUT2D eigenvalue weighted by molar-refractivity contribution is 5.98. The lowest BCUT2D eigenvalue weighted by Gasteiger charge is -2.14. The predicted molar refractivity (Wildman–Crippen MR) is 70.0 cm³/mol. The number of hydrogen-bond acceptors (Lipinski definition) is 3. The third-order valence-electron chi connectivity index (χ3n) is 2.63. The smallest absolute Gasteiger partial charge is 0.176 e. The van der Waals surface area contributed by atoms with Gasteiger partial charge in [-0.05, 0) is 43.8 Å². The summed E-state index contributed by atoms with van der Waals surface area (Å²) in [5, 5.41) is 0. The molecule has 0 aliphatic carbocycles. The second kappa shape index (κ2) is 5.82. The molecule has 0 amide bonds. The van der Waals surface area contributed by atoms with Gasteiger partial charge in [0, 0.05) is 5.56 Å². The van der Waals surface area contributed by atoms with Crippen LogP contribution in [0.2, 0.25) is 0 Å². The topological polar surface area (TPSA) is 29.5 Å². The number of hydrogen-bond donors (Lipinski definition) is 0. The minimum Gasteiger partial charge on any atom is -0.496 e. The Hall–Kier alpha value is -1.35. The Kier molecular flexibility index (Phi) is 4.70. The Morgan fingerprint density at radius 2 is 2.00 bits per heavy atom. The van der Waals surface area contributed by atoms with Gasteiger partial charge in [-0.3, -0.25) is 4.79 Å². The van der Waals surface area contributed by atoms with Crippen molar-refractivity contribution in [1.82, 2.24) is 4.90 Å². The Bertz CT molecular complexity index is 397. The van der Waals surface area contributed by atoms with E-state index in [0.717, 1.165) is 16.9 Å². The number of Topliss-reactive ketones (excluding diaryl/α,β-unsaturated/α-hetero) is 1. The van der Waals surface area contributed by atoms with E-state index in [1.807, 2.05) is 37.2 Å². The average molecular weight is 235 g/mol. The summed E-state index contributed by atoms with van der Waals surface area (Å²) in [5.74, 6) is 1.33. The number of carbonyl (C=O) groups excluding carboxylic acids is 1. The number of ketones is 1. The van der Waals surface area contributed by atoms with Crippen LogP contribution >= 0.6 is 0 Å². The highest BCUT2D eigenvalue weighted by Gasteiger charge is 2.12. The fraction of sp³-hybridized carbons (Fsp3) is 0.500. The van der Waals surface area contributed by atoms with Gasteiger partial charge < -0.3 is 9.64 Å². The van der Waals surface area contributed by atoms with E-state index < -0.39 is 0 Å². The van der Waals surface area contributed by atoms with Crippen molar-refractivity contribution < 1.29 is 9.53 Å². The van der Waals surface area contributed by atoms with Crippen molar-refractivity contribution in [2.75, 3.05) is 27.7 Å². The van der Waals surface area contributed by atoms with Gasteiger partial charge in [0.1, 0.15) is 5.75 Å². The van der Waals surface area contributed by atoms with Gasteiger partial charge in [-0.2, -0.15) is 0 Å². The van der Waals surface area contributed by atoms with Crippen LogP contribution in [0.5, 0.6) is 5.75 Å². The second-order valence-corrected chi connectivity index (χ2v) is 4.77. The molecule has 0 aromatic heterocycles. The summed E-state index contributed by atoms with van der Waals surface area (Å²) in [6.07, 6.45) is 0. The first-order valence-corrected chi connectivity index (χ1v) is 5.81. The quantitative estimate of drug-likeness (QED) is 0.735. The molecule has 0 heterocycles. The van der Waals surface area contributed by atoms with Crippen molar-refractivity contribution >= 4 is 5.78 Å². The summed E-state index contributed by atoms with van der Waals surface area (Å²) in [7, 11) is 5.44. The molecule has 17 heavy (non-hydrogen) atoms. The molecule has 0 aliphatic heterocycles. The molecule has 0 bridgehead atoms. The first-order chi connectivity index (χ1) is 7.95. The molecule has 0 N–H and O–H groups in total. The van der Waals surface area contributed by atoms with Crippen LogP contribution in [0, 0.1) is 0 Å². The maximum atomic E-state index is 11.9. The molecule has 0 saturated carbocycles. The first-order valence-electron chi connectivity index (χ1n) is 5.81. The Morgan fingerprint density at radius 1 is 1.35 bits per heavy atom. The van der Waals surface area contributed by atoms with Crippen LogP contribution in [0.15, 0.2) is 18.2 Å². The van der Waals surface area contributed by atoms with E-state index in [2.05, 4.69) is 13.8 Å². The van der Waals surface area contributed by atoms with Crippen molar-refractivity contribution in [2.45, 2.75) is 19.8 Å². The normalized spacial score (nSPS) is 11.0. The summed E-state index contributed by atoms with van der Waals surface area (Å²) < 4.78 is 5.30. The number of likely N-dealkylation sites (N-methyl/N-ethyl adjacent to an activating group) is 1. The van der Waals surface area contributed by atoms with Gasteiger partial charge in [0.2, 0.25) is 0 Å². The van der Waals surface area contributed by atoms with Gasteiger partial charge in [0.15, 0.2) is 5.78 Å². The average Bonchev–Trinajstić information content (AvgIpc) is 2.27. The standard InChI is InChI=1S/C14H21NO2/c1-10(2)12-8-11(6-7-14(12)17-5)13(16)9-15(3)4/h6-8,10H,9H2,1-5H3. The molecule has 0 saturated heterocycles. The zero-order valence-corrected chi connectivity index (χ0v) is 11.3. The van der Waals surface area contributed by atoms with E-state index >= 15 is 0 Å². The molecule has 0 atom stereocenters. The van der Waals surface area contributed by atoms with E-state index in [-0.39, 0.29) is 5.78 Å². The highest BCUT2D eigenvalue weighted by Crippen LogP contribution is 2.27. The van der Waals surface area contributed by atoms with E-state index in [0.29, 0.717) is 12.5 Å². The van der Waals surface area contributed by atoms with Crippen LogP contribution in [-0.4, -0.2) is 38.4 Å². The lowest BCUT2D eigenvalue weighted by molar-refractivity contribution is 0.0957. The number of rotatable bonds is 5. The van der Waals surface area contributed by atoms with Crippen LogP contribution in [-0.2, 0) is 0 Å². The van der Waals surface area contributed by atoms with E-state index in [1.54, 1.807) is 7.11 Å². The van der Waals surface area contributed by atoms with Crippen LogP contribution in [0.3, 0.4) is 0 Å². The monoisotopic (exact) mass is 235 g/mol. The molecule has 0 fully saturated rings. The zero-order valence-electron chi connectivity index (χ0n) is 11.3. The van der Waals surface area contributed by atoms with Gasteiger partial charge in [-0.1, -0.05) is 13.8 Å². The van der Waals surface area contributed by atoms with Crippen LogP contribution < -0.4 is 4.74 Å². The highest BCUT2D eigenvalue weighted by atomic mass is 16.5. The summed E-state index contributed by atoms with van der Waals surface area (Å²) in [6.45, 7) is 4.62. The summed E-state index contributed by atoms with van der Waals surface area (Å²) in [4.78, 5) is 13.8. The summed E-state index contributed by atoms with van der Waals surface area (Å²) >= 11 is 0. The molecule has 3 heteroatoms. The zero-order chi connectivity index (χ0) is 13.0. The number of nitrogens with zero attached hydrogens (tertiary/aromatic N) is 1. The van der Waals surface area contributed by atoms with Crippen molar-refractivity contribution in [2.24, 2.45) is 0 Å². The van der Waals surface area contributed by atoms with Crippen molar-refractivity contribution in [3.8, 4) is 5.75 Å². The molecule has 1 aromatic carbocycles. The van der Waals surface area contributed by atoms with Gasteiger partial charge >= 0.3 is 0 Å². The third kappa shape index (κ3) is 3.56. The Balaban J connectivity index is 3.03. The lowest BCUT2D eigenvalue weighted by Crippen LogP contribution is -2.21. The molecular weight excluding hydrogens is 214 g/mol. The Morgan fingerprint density at radius 3 is 2.47 bits per heavy atom. The fourth-order valence-electron chi connectivity index (χ4n) is 1.74. The summed E-state index contributed by atoms with van der Waals surface area (Å²) in [5.41, 5.74) is 1.83. The van der Waals surface area contributed by atoms with Crippen LogP contribution in [0.4, 0.5) is 0 Å². The number of benzene rings is 1. The SMILES string of the molecule is COc1ccc(C(=O)CN(C)C)cc1C(C)C. The summed E-state index contributed by atoms with van der Waals surface area (Å²) in [6, 6.07) is 5.64. The maximum absolute atomic E-state index is 11.9. The van der Waals surface area contributed by atoms with Gasteiger partial charge in [0.25, 0.3) is 0 Å². The largest absolute Gasteiger partial charge is 0.496 e. The van der Waals surface area contributed by atoms with E-state index in [4.69, 9.17) is 4.74 Å². The molecule has 1 aromatic rings. The second-order valence-electron chi connectivity index (χ2n) is 4.77. The van der Waals surface area contributed by atoms with Crippen molar-refractivity contribution in [3.05, 3.63) is 29.3 Å². The van der Waals surface area contributed by atoms with Crippen LogP contribution in [0.25, 0.3) is 0 Å². The number of methoxy groups -OCH3 is 1. The van der Waals surface area contributed by atoms with Crippen LogP contribution in [0.1, 0.15) is 35.7 Å². The maximum Gasteiger partial charge on any atom is 0.176 e. The molecule has 0 spiro atoms. The van der Waals surface area contributed by atoms with Crippen molar-refractivity contribution in [1.29, 1.82) is 0 Å². The predicted octanol–water partition coefficient (Wildman–Crippen LogP) is 2.56. The van der Waals surface area contributed by atoms with Gasteiger partial charge in [-0.15, -0.1) is 0 Å². The van der Waals surface area contributed by atoms with Crippen molar-refractivity contribution in [3.63, 3.8) is 0 Å².